The van der Waals surface area contributed by atoms with E-state index in [9.17, 15) is 0 Å². The van der Waals surface area contributed by atoms with Crippen LogP contribution in [-0.4, -0.2) is 7.11 Å². The summed E-state index contributed by atoms with van der Waals surface area (Å²) in [6.07, 6.45) is 1.83. The van der Waals surface area contributed by atoms with E-state index in [4.69, 9.17) is 10.6 Å². The predicted molar refractivity (Wildman–Crippen MR) is 55.6 cm³/mol. The average molecular weight is 189 g/mol. The molecule has 2 N–H and O–H groups in total. The van der Waals surface area contributed by atoms with E-state index in [1.807, 2.05) is 37.4 Å². The number of nitrogens with zero attached hydrogens (tertiary/aromatic N) is 1. The first-order valence-corrected chi connectivity index (χ1v) is 4.47. The number of nitrogen functional groups attached to an aromatic ring is 1. The van der Waals surface area contributed by atoms with Crippen molar-refractivity contribution in [3.05, 3.63) is 36.2 Å². The molecule has 0 aliphatic carbocycles. The summed E-state index contributed by atoms with van der Waals surface area (Å²) in [5.74, 6) is 6.63. The number of benzene rings is 1. The fraction of sp³-hybridized carbons (Fsp3) is 0.182. The second kappa shape index (κ2) is 3.18. The largest absolute Gasteiger partial charge is 0.496 e. The third-order valence-corrected chi connectivity index (χ3v) is 2.46. The minimum atomic E-state index is 0.881. The monoisotopic (exact) mass is 189 g/mol. The van der Waals surface area contributed by atoms with E-state index in [2.05, 4.69) is 0 Å². The molecule has 0 unspecified atom stereocenters. The molecule has 0 saturated carbocycles. The Hall–Kier alpha value is -1.77. The Morgan fingerprint density at radius 3 is 2.71 bits per heavy atom. The van der Waals surface area contributed by atoms with E-state index >= 15 is 0 Å². The molecule has 0 saturated heterocycles. The zero-order chi connectivity index (χ0) is 10.1. The number of aromatic nitrogens is 1. The highest BCUT2D eigenvalue weighted by molar-refractivity contribution is 5.88. The second-order valence-electron chi connectivity index (χ2n) is 3.23. The van der Waals surface area contributed by atoms with Gasteiger partial charge in [-0.3, -0.25) is 0 Å². The van der Waals surface area contributed by atoms with Crippen molar-refractivity contribution in [1.29, 1.82) is 0 Å². The molecule has 3 nitrogen and oxygen atoms in total. The molecule has 0 bridgehead atoms. The third kappa shape index (κ3) is 1.18. The molecule has 3 heteroatoms. The van der Waals surface area contributed by atoms with Crippen LogP contribution in [-0.2, 0) is 0 Å². The van der Waals surface area contributed by atoms with Crippen molar-refractivity contribution in [3.8, 4) is 5.75 Å². The van der Waals surface area contributed by atoms with Crippen molar-refractivity contribution in [3.63, 3.8) is 0 Å². The normalized spacial score (nSPS) is 10.4. The van der Waals surface area contributed by atoms with Crippen LogP contribution in [0.25, 0.3) is 10.8 Å². The molecule has 0 atom stereocenters. The lowest BCUT2D eigenvalue weighted by molar-refractivity contribution is -0.643. The van der Waals surface area contributed by atoms with Crippen molar-refractivity contribution in [2.45, 2.75) is 6.92 Å². The standard InChI is InChI=1S/C11H13N2O/c1-8-9-4-3-5-11(14-2)10(9)6-7-13(8)12/h3-7H,12H2,1-2H3/q+1. The topological polar surface area (TPSA) is 39.1 Å². The summed E-state index contributed by atoms with van der Waals surface area (Å²) in [6.45, 7) is 1.99. The van der Waals surface area contributed by atoms with Gasteiger partial charge >= 0.3 is 0 Å². The lowest BCUT2D eigenvalue weighted by Gasteiger charge is -2.04. The van der Waals surface area contributed by atoms with Crippen LogP contribution in [0, 0.1) is 6.92 Å². The van der Waals surface area contributed by atoms with Crippen molar-refractivity contribution in [2.75, 3.05) is 13.0 Å². The first-order chi connectivity index (χ1) is 6.74. The number of hydrogen-bond acceptors (Lipinski definition) is 2. The average Bonchev–Trinajstić information content (AvgIpc) is 2.23. The van der Waals surface area contributed by atoms with Gasteiger partial charge in [-0.05, 0) is 12.1 Å². The highest BCUT2D eigenvalue weighted by Gasteiger charge is 2.10. The highest BCUT2D eigenvalue weighted by Crippen LogP contribution is 2.25. The second-order valence-corrected chi connectivity index (χ2v) is 3.23. The highest BCUT2D eigenvalue weighted by atomic mass is 16.5. The van der Waals surface area contributed by atoms with E-state index in [0.29, 0.717) is 0 Å². The summed E-state index contributed by atoms with van der Waals surface area (Å²) < 4.78 is 6.89. The van der Waals surface area contributed by atoms with Gasteiger partial charge in [0, 0.05) is 18.4 Å². The number of methoxy groups -OCH3 is 1. The van der Waals surface area contributed by atoms with Gasteiger partial charge < -0.3 is 4.74 Å². The fourth-order valence-corrected chi connectivity index (χ4v) is 1.62. The summed E-state index contributed by atoms with van der Waals surface area (Å²) in [6, 6.07) is 7.91. The molecule has 0 aliphatic rings. The number of aryl methyl sites for hydroxylation is 1. The minimum absolute atomic E-state index is 0.881. The molecule has 1 aromatic heterocycles. The van der Waals surface area contributed by atoms with E-state index in [-0.39, 0.29) is 0 Å². The SMILES string of the molecule is COc1cccc2c(C)[n+](N)ccc12. The van der Waals surface area contributed by atoms with E-state index in [1.165, 1.54) is 0 Å². The van der Waals surface area contributed by atoms with Gasteiger partial charge in [-0.15, -0.1) is 0 Å². The van der Waals surface area contributed by atoms with Crippen LogP contribution in [0.15, 0.2) is 30.5 Å². The Morgan fingerprint density at radius 1 is 1.21 bits per heavy atom. The molecule has 0 fully saturated rings. The zero-order valence-electron chi connectivity index (χ0n) is 8.32. The maximum atomic E-state index is 5.75. The minimum Gasteiger partial charge on any atom is -0.496 e. The number of rotatable bonds is 1. The maximum Gasteiger partial charge on any atom is 0.216 e. The van der Waals surface area contributed by atoms with Crippen LogP contribution in [0.4, 0.5) is 0 Å². The lowest BCUT2D eigenvalue weighted by atomic mass is 10.1. The number of fused-ring (bicyclic) bond motifs is 1. The molecule has 0 amide bonds. The van der Waals surface area contributed by atoms with E-state index < -0.39 is 0 Å². The molecule has 0 spiro atoms. The Morgan fingerprint density at radius 2 is 2.00 bits per heavy atom. The first-order valence-electron chi connectivity index (χ1n) is 4.47. The molecule has 2 rings (SSSR count). The Kier molecular flexibility index (Phi) is 2.00. The van der Waals surface area contributed by atoms with Gasteiger partial charge in [-0.25, -0.2) is 5.84 Å². The van der Waals surface area contributed by atoms with Crippen molar-refractivity contribution in [2.24, 2.45) is 0 Å². The summed E-state index contributed by atoms with van der Waals surface area (Å²) in [5.41, 5.74) is 1.03. The quantitative estimate of drug-likeness (QED) is 0.540. The third-order valence-electron chi connectivity index (χ3n) is 2.46. The van der Waals surface area contributed by atoms with Crippen LogP contribution in [0.3, 0.4) is 0 Å². The van der Waals surface area contributed by atoms with Crippen LogP contribution >= 0.6 is 0 Å². The van der Waals surface area contributed by atoms with Crippen LogP contribution in [0.1, 0.15) is 5.69 Å². The summed E-state index contributed by atoms with van der Waals surface area (Å²) in [7, 11) is 1.67. The van der Waals surface area contributed by atoms with E-state index in [0.717, 1.165) is 22.2 Å². The number of pyridine rings is 1. The van der Waals surface area contributed by atoms with Gasteiger partial charge in [-0.1, -0.05) is 10.7 Å². The van der Waals surface area contributed by atoms with Gasteiger partial charge in [0.05, 0.1) is 12.5 Å². The van der Waals surface area contributed by atoms with Crippen LogP contribution in [0.5, 0.6) is 5.75 Å². The van der Waals surface area contributed by atoms with Crippen molar-refractivity contribution >= 4 is 10.8 Å². The zero-order valence-corrected chi connectivity index (χ0v) is 8.32. The number of ether oxygens (including phenoxy) is 1. The molecule has 0 aliphatic heterocycles. The molecule has 72 valence electrons. The number of hydrogen-bond donors (Lipinski definition) is 1. The summed E-state index contributed by atoms with van der Waals surface area (Å²) in [5, 5.41) is 2.21. The summed E-state index contributed by atoms with van der Waals surface area (Å²) in [4.78, 5) is 0. The molecule has 14 heavy (non-hydrogen) atoms. The molecule has 1 heterocycles. The predicted octanol–water partition coefficient (Wildman–Crippen LogP) is 1.16. The Balaban J connectivity index is 2.86. The van der Waals surface area contributed by atoms with Crippen molar-refractivity contribution in [1.82, 2.24) is 0 Å². The van der Waals surface area contributed by atoms with Gasteiger partial charge in [0.25, 0.3) is 0 Å². The lowest BCUT2D eigenvalue weighted by Crippen LogP contribution is -2.46. The molecule has 0 radical (unpaired) electrons. The van der Waals surface area contributed by atoms with Gasteiger partial charge in [0.1, 0.15) is 5.75 Å². The Bertz CT molecular complexity index is 480. The molecule has 1 aromatic carbocycles. The molecular formula is C11H13N2O+. The number of nitrogens with two attached hydrogens (primary N) is 1. The van der Waals surface area contributed by atoms with Gasteiger partial charge in [-0.2, -0.15) is 0 Å². The van der Waals surface area contributed by atoms with Crippen LogP contribution < -0.4 is 15.3 Å². The molecular weight excluding hydrogens is 176 g/mol. The summed E-state index contributed by atoms with van der Waals surface area (Å²) >= 11 is 0. The van der Waals surface area contributed by atoms with Crippen LogP contribution in [0.2, 0.25) is 0 Å². The smallest absolute Gasteiger partial charge is 0.216 e. The van der Waals surface area contributed by atoms with E-state index in [1.54, 1.807) is 11.8 Å². The van der Waals surface area contributed by atoms with Gasteiger partial charge in [0.15, 0.2) is 6.20 Å². The fourth-order valence-electron chi connectivity index (χ4n) is 1.62. The first kappa shape index (κ1) is 8.81. The maximum absolute atomic E-state index is 5.75. The van der Waals surface area contributed by atoms with Gasteiger partial charge in [0.2, 0.25) is 5.69 Å². The molecule has 2 aromatic rings. The Labute approximate surface area is 82.7 Å². The van der Waals surface area contributed by atoms with Crippen molar-refractivity contribution < 1.29 is 9.41 Å².